The van der Waals surface area contributed by atoms with Crippen molar-refractivity contribution >= 4 is 24.7 Å². The van der Waals surface area contributed by atoms with Crippen molar-refractivity contribution < 1.29 is 19.4 Å². The van der Waals surface area contributed by atoms with Gasteiger partial charge in [0.2, 0.25) is 0 Å². The van der Waals surface area contributed by atoms with Crippen molar-refractivity contribution in [3.63, 3.8) is 0 Å². The molecule has 0 fully saturated rings. The number of thiol groups is 1. The van der Waals surface area contributed by atoms with E-state index >= 15 is 0 Å². The summed E-state index contributed by atoms with van der Waals surface area (Å²) >= 11 is 4.06. The summed E-state index contributed by atoms with van der Waals surface area (Å²) in [5, 5.41) is 9.30. The third kappa shape index (κ3) is 6.18. The highest BCUT2D eigenvalue weighted by molar-refractivity contribution is 7.80. The number of carbonyl (C=O) groups is 2. The molecular weight excluding hydrogens is 266 g/mol. The molecule has 1 N–H and O–H groups in total. The maximum Gasteiger partial charge on any atom is 0.411 e. The van der Waals surface area contributed by atoms with Crippen molar-refractivity contribution in [3.8, 4) is 0 Å². The van der Waals surface area contributed by atoms with Crippen molar-refractivity contribution in [1.82, 2.24) is 4.90 Å². The number of carbonyl (C=O) groups excluding carboxylic acids is 1. The minimum Gasteiger partial charge on any atom is -0.480 e. The number of carboxylic acid groups (broad SMARTS) is 1. The second-order valence-electron chi connectivity index (χ2n) is 6.39. The van der Waals surface area contributed by atoms with Crippen molar-refractivity contribution in [2.45, 2.75) is 65.1 Å². The van der Waals surface area contributed by atoms with Crippen LogP contribution in [0.4, 0.5) is 4.79 Å². The van der Waals surface area contributed by atoms with Crippen LogP contribution in [0.25, 0.3) is 0 Å². The summed E-state index contributed by atoms with van der Waals surface area (Å²) in [6, 6.07) is -0.938. The molecule has 0 aromatic rings. The third-order valence-electron chi connectivity index (χ3n) is 2.31. The van der Waals surface area contributed by atoms with E-state index in [1.165, 1.54) is 4.90 Å². The van der Waals surface area contributed by atoms with Gasteiger partial charge in [0.15, 0.2) is 0 Å². The van der Waals surface area contributed by atoms with Gasteiger partial charge in [-0.3, -0.25) is 4.90 Å². The highest BCUT2D eigenvalue weighted by Crippen LogP contribution is 2.23. The average Bonchev–Trinajstić information content (AvgIpc) is 2.11. The molecule has 5 nitrogen and oxygen atoms in total. The van der Waals surface area contributed by atoms with Crippen LogP contribution in [0.2, 0.25) is 0 Å². The molecule has 0 heterocycles. The van der Waals surface area contributed by atoms with E-state index in [1.807, 2.05) is 0 Å². The molecule has 0 unspecified atom stereocenters. The first kappa shape index (κ1) is 18.1. The molecule has 0 spiro atoms. The quantitative estimate of drug-likeness (QED) is 0.782. The number of hydrogen-bond donors (Lipinski definition) is 2. The van der Waals surface area contributed by atoms with Crippen LogP contribution in [-0.2, 0) is 9.53 Å². The molecule has 0 bridgehead atoms. The fourth-order valence-corrected chi connectivity index (χ4v) is 1.91. The minimum atomic E-state index is -1.05. The lowest BCUT2D eigenvalue weighted by Crippen LogP contribution is -2.56. The summed E-state index contributed by atoms with van der Waals surface area (Å²) in [5.74, 6) is -0.665. The van der Waals surface area contributed by atoms with E-state index in [2.05, 4.69) is 12.6 Å². The van der Waals surface area contributed by atoms with Gasteiger partial charge in [-0.15, -0.1) is 0 Å². The van der Waals surface area contributed by atoms with Gasteiger partial charge in [0.25, 0.3) is 0 Å². The lowest BCUT2D eigenvalue weighted by molar-refractivity contribution is -0.145. The lowest BCUT2D eigenvalue weighted by atomic mass is 10.0. The van der Waals surface area contributed by atoms with Crippen LogP contribution in [0.5, 0.6) is 0 Å². The molecule has 0 aliphatic heterocycles. The van der Waals surface area contributed by atoms with Crippen LogP contribution in [0.15, 0.2) is 0 Å². The maximum atomic E-state index is 12.2. The number of hydrogen-bond acceptors (Lipinski definition) is 4. The van der Waals surface area contributed by atoms with Gasteiger partial charge in [0.1, 0.15) is 11.6 Å². The Morgan fingerprint density at radius 3 is 1.95 bits per heavy atom. The lowest BCUT2D eigenvalue weighted by Gasteiger charge is -2.40. The van der Waals surface area contributed by atoms with Crippen LogP contribution in [0.1, 0.15) is 48.0 Å². The zero-order chi connectivity index (χ0) is 15.4. The van der Waals surface area contributed by atoms with Gasteiger partial charge in [-0.05, 0) is 53.7 Å². The first-order chi connectivity index (χ1) is 8.40. The van der Waals surface area contributed by atoms with E-state index in [4.69, 9.17) is 4.74 Å². The van der Waals surface area contributed by atoms with Crippen molar-refractivity contribution in [2.24, 2.45) is 0 Å². The summed E-state index contributed by atoms with van der Waals surface area (Å²) in [5.41, 5.74) is -1.31. The van der Waals surface area contributed by atoms with E-state index < -0.39 is 29.2 Å². The molecule has 6 heteroatoms. The normalized spacial score (nSPS) is 13.8. The molecule has 19 heavy (non-hydrogen) atoms. The predicted octanol–water partition coefficient (Wildman–Crippen LogP) is 2.80. The highest BCUT2D eigenvalue weighted by atomic mass is 32.1. The van der Waals surface area contributed by atoms with Gasteiger partial charge in [0, 0.05) is 5.54 Å². The largest absolute Gasteiger partial charge is 0.480 e. The van der Waals surface area contributed by atoms with Crippen molar-refractivity contribution in [3.05, 3.63) is 0 Å². The molecule has 1 amide bonds. The highest BCUT2D eigenvalue weighted by Gasteiger charge is 2.39. The second kappa shape index (κ2) is 6.50. The topological polar surface area (TPSA) is 66.8 Å². The standard InChI is InChI=1S/C13H25NO4S/c1-12(2,3)14(9(7-8-19)10(15)16)11(17)18-13(4,5)6/h9,19H,7-8H2,1-6H3,(H,15,16)/t9-/m0/s1. The first-order valence-corrected chi connectivity index (χ1v) is 6.89. The molecule has 0 saturated carbocycles. The summed E-state index contributed by atoms with van der Waals surface area (Å²) in [6.45, 7) is 10.6. The molecular formula is C13H25NO4S. The van der Waals surface area contributed by atoms with E-state index in [-0.39, 0.29) is 6.42 Å². The number of nitrogens with zero attached hydrogens (tertiary/aromatic N) is 1. The summed E-state index contributed by atoms with van der Waals surface area (Å²) in [7, 11) is 0. The van der Waals surface area contributed by atoms with Crippen molar-refractivity contribution in [2.75, 3.05) is 5.75 Å². The van der Waals surface area contributed by atoms with Gasteiger partial charge >= 0.3 is 12.1 Å². The Kier molecular flexibility index (Phi) is 6.19. The SMILES string of the molecule is CC(C)(C)OC(=O)N([C@@H](CCS)C(=O)O)C(C)(C)C. The van der Waals surface area contributed by atoms with Gasteiger partial charge in [-0.1, -0.05) is 0 Å². The fourth-order valence-electron chi connectivity index (χ4n) is 1.67. The van der Waals surface area contributed by atoms with Crippen LogP contribution >= 0.6 is 12.6 Å². The van der Waals surface area contributed by atoms with Crippen molar-refractivity contribution in [1.29, 1.82) is 0 Å². The Labute approximate surface area is 120 Å². The molecule has 112 valence electrons. The summed E-state index contributed by atoms with van der Waals surface area (Å²) in [4.78, 5) is 24.9. The number of rotatable bonds is 4. The van der Waals surface area contributed by atoms with Crippen LogP contribution in [0.3, 0.4) is 0 Å². The molecule has 0 radical (unpaired) electrons. The van der Waals surface area contributed by atoms with Gasteiger partial charge in [-0.25, -0.2) is 9.59 Å². The van der Waals surface area contributed by atoms with Crippen LogP contribution < -0.4 is 0 Å². The number of amides is 1. The second-order valence-corrected chi connectivity index (χ2v) is 6.83. The molecule has 0 rings (SSSR count). The molecule has 1 atom stereocenters. The molecule has 0 aliphatic rings. The number of aliphatic carboxylic acids is 1. The van der Waals surface area contributed by atoms with E-state index in [0.29, 0.717) is 5.75 Å². The molecule has 0 aromatic heterocycles. The Morgan fingerprint density at radius 2 is 1.68 bits per heavy atom. The maximum absolute atomic E-state index is 12.2. The Morgan fingerprint density at radius 1 is 1.21 bits per heavy atom. The zero-order valence-corrected chi connectivity index (χ0v) is 13.5. The summed E-state index contributed by atoms with van der Waals surface area (Å²) < 4.78 is 5.30. The van der Waals surface area contributed by atoms with E-state index in [9.17, 15) is 14.7 Å². The van der Waals surface area contributed by atoms with Gasteiger partial charge in [0.05, 0.1) is 0 Å². The molecule has 0 aliphatic carbocycles. The predicted molar refractivity (Wildman–Crippen MR) is 77.7 cm³/mol. The zero-order valence-electron chi connectivity index (χ0n) is 12.6. The fraction of sp³-hybridized carbons (Fsp3) is 0.846. The van der Waals surface area contributed by atoms with E-state index in [1.54, 1.807) is 41.5 Å². The molecule has 0 aromatic carbocycles. The average molecular weight is 291 g/mol. The van der Waals surface area contributed by atoms with Gasteiger partial charge in [-0.2, -0.15) is 12.6 Å². The Bertz CT molecular complexity index is 331. The number of carboxylic acids is 1. The monoisotopic (exact) mass is 291 g/mol. The number of ether oxygens (including phenoxy) is 1. The Hall–Kier alpha value is -0.910. The van der Waals surface area contributed by atoms with E-state index in [0.717, 1.165) is 0 Å². The third-order valence-corrected chi connectivity index (χ3v) is 2.57. The first-order valence-electron chi connectivity index (χ1n) is 6.26. The molecule has 0 saturated heterocycles. The van der Waals surface area contributed by atoms with Crippen LogP contribution in [-0.4, -0.2) is 45.0 Å². The summed E-state index contributed by atoms with van der Waals surface area (Å²) in [6.07, 6.45) is -0.344. The Balaban J connectivity index is 5.32. The smallest absolute Gasteiger partial charge is 0.411 e. The van der Waals surface area contributed by atoms with Gasteiger partial charge < -0.3 is 9.84 Å². The minimum absolute atomic E-state index is 0.273. The van der Waals surface area contributed by atoms with Crippen LogP contribution in [0, 0.1) is 0 Å².